The fraction of sp³-hybridized carbons (Fsp3) is 0.250. The minimum absolute atomic E-state index is 0.0477. The summed E-state index contributed by atoms with van der Waals surface area (Å²) >= 11 is 0. The minimum atomic E-state index is -0.0477. The number of carbonyl (C=O) groups excluding carboxylic acids is 1. The molecule has 0 aliphatic heterocycles. The van der Waals surface area contributed by atoms with Crippen molar-refractivity contribution in [2.75, 3.05) is 19.6 Å². The number of rotatable bonds is 6. The predicted molar refractivity (Wildman–Crippen MR) is 80.2 cm³/mol. The summed E-state index contributed by atoms with van der Waals surface area (Å²) in [6.07, 6.45) is 7.64. The molecule has 0 spiro atoms. The Hall–Kier alpha value is -2.38. The maximum absolute atomic E-state index is 11.5. The minimum Gasteiger partial charge on any atom is -0.355 e. The van der Waals surface area contributed by atoms with Crippen molar-refractivity contribution in [3.8, 4) is 12.3 Å². The maximum atomic E-state index is 11.5. The van der Waals surface area contributed by atoms with Crippen LogP contribution < -0.4 is 10.6 Å². The molecule has 0 unspecified atom stereocenters. The predicted octanol–water partition coefficient (Wildman–Crippen LogP) is 1.12. The summed E-state index contributed by atoms with van der Waals surface area (Å²) in [5.74, 6) is 2.38. The van der Waals surface area contributed by atoms with Gasteiger partial charge in [0.2, 0.25) is 5.91 Å². The van der Waals surface area contributed by atoms with Gasteiger partial charge in [-0.3, -0.25) is 15.1 Å². The molecule has 0 saturated heterocycles. The number of benzene rings is 1. The number of amides is 1. The quantitative estimate of drug-likeness (QED) is 0.609. The van der Waals surface area contributed by atoms with Gasteiger partial charge in [0, 0.05) is 18.1 Å². The zero-order valence-corrected chi connectivity index (χ0v) is 11.2. The van der Waals surface area contributed by atoms with Gasteiger partial charge in [-0.25, -0.2) is 0 Å². The van der Waals surface area contributed by atoms with E-state index in [9.17, 15) is 4.79 Å². The van der Waals surface area contributed by atoms with Gasteiger partial charge >= 0.3 is 0 Å². The van der Waals surface area contributed by atoms with E-state index in [0.29, 0.717) is 13.1 Å². The number of hydrogen-bond donors (Lipinski definition) is 2. The molecule has 1 aromatic heterocycles. The molecule has 0 aliphatic rings. The number of fused-ring (bicyclic) bond motifs is 1. The molecule has 0 fully saturated rings. The first kappa shape index (κ1) is 14.0. The standard InChI is InChI=1S/C16H17N3O/c1-2-9-17-12-15(20)18-11-8-14-6-3-5-13-7-4-10-19-16(13)14/h1,3-7,10,17H,8-9,11-12H2,(H,18,20). The highest BCUT2D eigenvalue weighted by Crippen LogP contribution is 2.15. The lowest BCUT2D eigenvalue weighted by atomic mass is 10.1. The van der Waals surface area contributed by atoms with Gasteiger partial charge in [-0.15, -0.1) is 6.42 Å². The number of terminal acetylenes is 1. The first-order valence-electron chi connectivity index (χ1n) is 6.55. The molecule has 4 nitrogen and oxygen atoms in total. The van der Waals surface area contributed by atoms with Crippen LogP contribution in [0.25, 0.3) is 10.9 Å². The van der Waals surface area contributed by atoms with E-state index in [1.54, 1.807) is 6.20 Å². The van der Waals surface area contributed by atoms with Crippen LogP contribution in [-0.2, 0) is 11.2 Å². The van der Waals surface area contributed by atoms with Gasteiger partial charge in [-0.1, -0.05) is 30.2 Å². The van der Waals surface area contributed by atoms with Crippen molar-refractivity contribution in [2.45, 2.75) is 6.42 Å². The number of hydrogen-bond acceptors (Lipinski definition) is 3. The molecule has 20 heavy (non-hydrogen) atoms. The molecular formula is C16H17N3O. The van der Waals surface area contributed by atoms with Crippen molar-refractivity contribution in [3.05, 3.63) is 42.1 Å². The summed E-state index contributed by atoms with van der Waals surface area (Å²) in [6.45, 7) is 1.24. The van der Waals surface area contributed by atoms with Crippen LogP contribution in [0.5, 0.6) is 0 Å². The second-order valence-corrected chi connectivity index (χ2v) is 4.40. The number of pyridine rings is 1. The Labute approximate surface area is 118 Å². The van der Waals surface area contributed by atoms with E-state index < -0.39 is 0 Å². The van der Waals surface area contributed by atoms with Crippen molar-refractivity contribution >= 4 is 16.8 Å². The molecule has 2 N–H and O–H groups in total. The fourth-order valence-corrected chi connectivity index (χ4v) is 2.02. The molecule has 0 saturated carbocycles. The lowest BCUT2D eigenvalue weighted by Crippen LogP contribution is -2.35. The molecule has 2 aromatic rings. The molecular weight excluding hydrogens is 250 g/mol. The highest BCUT2D eigenvalue weighted by atomic mass is 16.1. The monoisotopic (exact) mass is 267 g/mol. The SMILES string of the molecule is C#CCNCC(=O)NCCc1cccc2cccnc12. The molecule has 0 bridgehead atoms. The highest BCUT2D eigenvalue weighted by Gasteiger charge is 2.03. The molecule has 1 aromatic carbocycles. The van der Waals surface area contributed by atoms with Crippen LogP contribution in [0.2, 0.25) is 0 Å². The van der Waals surface area contributed by atoms with Gasteiger partial charge in [-0.2, -0.15) is 0 Å². The molecule has 1 amide bonds. The smallest absolute Gasteiger partial charge is 0.233 e. The van der Waals surface area contributed by atoms with Crippen LogP contribution in [0, 0.1) is 12.3 Å². The third-order valence-corrected chi connectivity index (χ3v) is 2.95. The van der Waals surface area contributed by atoms with Crippen LogP contribution in [0.1, 0.15) is 5.56 Å². The van der Waals surface area contributed by atoms with E-state index in [4.69, 9.17) is 6.42 Å². The van der Waals surface area contributed by atoms with Crippen LogP contribution in [-0.4, -0.2) is 30.5 Å². The summed E-state index contributed by atoms with van der Waals surface area (Å²) in [6, 6.07) is 10.0. The van der Waals surface area contributed by atoms with Crippen LogP contribution >= 0.6 is 0 Å². The van der Waals surface area contributed by atoms with E-state index in [-0.39, 0.29) is 12.5 Å². The fourth-order valence-electron chi connectivity index (χ4n) is 2.02. The maximum Gasteiger partial charge on any atom is 0.233 e. The summed E-state index contributed by atoms with van der Waals surface area (Å²) in [5, 5.41) is 6.83. The van der Waals surface area contributed by atoms with Crippen molar-refractivity contribution in [3.63, 3.8) is 0 Å². The molecule has 1 heterocycles. The summed E-state index contributed by atoms with van der Waals surface area (Å²) in [5.41, 5.74) is 2.13. The molecule has 0 aliphatic carbocycles. The zero-order chi connectivity index (χ0) is 14.2. The molecule has 0 atom stereocenters. The molecule has 102 valence electrons. The van der Waals surface area contributed by atoms with Gasteiger partial charge < -0.3 is 5.32 Å². The second kappa shape index (κ2) is 7.27. The lowest BCUT2D eigenvalue weighted by molar-refractivity contribution is -0.120. The van der Waals surface area contributed by atoms with E-state index in [0.717, 1.165) is 22.9 Å². The third kappa shape index (κ3) is 3.81. The van der Waals surface area contributed by atoms with E-state index in [1.165, 1.54) is 0 Å². The number of carbonyl (C=O) groups is 1. The number of para-hydroxylation sites is 1. The van der Waals surface area contributed by atoms with Gasteiger partial charge in [-0.05, 0) is 18.1 Å². The normalized spacial score (nSPS) is 10.2. The highest BCUT2D eigenvalue weighted by molar-refractivity contribution is 5.81. The zero-order valence-electron chi connectivity index (χ0n) is 11.2. The van der Waals surface area contributed by atoms with Crippen molar-refractivity contribution < 1.29 is 4.79 Å². The lowest BCUT2D eigenvalue weighted by Gasteiger charge is -2.07. The van der Waals surface area contributed by atoms with Crippen LogP contribution in [0.15, 0.2) is 36.5 Å². The first-order valence-corrected chi connectivity index (χ1v) is 6.55. The summed E-state index contributed by atoms with van der Waals surface area (Å²) in [7, 11) is 0. The number of nitrogens with one attached hydrogen (secondary N) is 2. The van der Waals surface area contributed by atoms with E-state index in [2.05, 4.69) is 21.5 Å². The van der Waals surface area contributed by atoms with E-state index >= 15 is 0 Å². The second-order valence-electron chi connectivity index (χ2n) is 4.40. The Morgan fingerprint density at radius 3 is 3.00 bits per heavy atom. The Bertz CT molecular complexity index is 626. The van der Waals surface area contributed by atoms with Gasteiger partial charge in [0.25, 0.3) is 0 Å². The van der Waals surface area contributed by atoms with Crippen molar-refractivity contribution in [1.82, 2.24) is 15.6 Å². The van der Waals surface area contributed by atoms with Gasteiger partial charge in [0.15, 0.2) is 0 Å². The molecule has 0 radical (unpaired) electrons. The summed E-state index contributed by atoms with van der Waals surface area (Å²) in [4.78, 5) is 15.9. The Kier molecular flexibility index (Phi) is 5.10. The third-order valence-electron chi connectivity index (χ3n) is 2.95. The number of aromatic nitrogens is 1. The van der Waals surface area contributed by atoms with Gasteiger partial charge in [0.05, 0.1) is 18.6 Å². The Morgan fingerprint density at radius 1 is 1.30 bits per heavy atom. The molecule has 4 heteroatoms. The summed E-state index contributed by atoms with van der Waals surface area (Å²) < 4.78 is 0. The Morgan fingerprint density at radius 2 is 2.15 bits per heavy atom. The van der Waals surface area contributed by atoms with Crippen LogP contribution in [0.3, 0.4) is 0 Å². The van der Waals surface area contributed by atoms with Crippen LogP contribution in [0.4, 0.5) is 0 Å². The topological polar surface area (TPSA) is 54.0 Å². The Balaban J connectivity index is 1.87. The largest absolute Gasteiger partial charge is 0.355 e. The average molecular weight is 267 g/mol. The number of nitrogens with zero attached hydrogens (tertiary/aromatic N) is 1. The van der Waals surface area contributed by atoms with Crippen molar-refractivity contribution in [1.29, 1.82) is 0 Å². The first-order chi connectivity index (χ1) is 9.81. The van der Waals surface area contributed by atoms with Crippen molar-refractivity contribution in [2.24, 2.45) is 0 Å². The molecule has 2 rings (SSSR count). The average Bonchev–Trinajstić information content (AvgIpc) is 2.48. The van der Waals surface area contributed by atoms with E-state index in [1.807, 2.05) is 30.3 Å². The van der Waals surface area contributed by atoms with Gasteiger partial charge in [0.1, 0.15) is 0 Å².